The van der Waals surface area contributed by atoms with Gasteiger partial charge in [0.05, 0.1) is 5.02 Å². The molecule has 0 unspecified atom stereocenters. The van der Waals surface area contributed by atoms with Crippen LogP contribution in [0.2, 0.25) is 5.02 Å². The summed E-state index contributed by atoms with van der Waals surface area (Å²) in [4.78, 5) is 22.1. The number of hydrogen-bond acceptors (Lipinski definition) is 4. The summed E-state index contributed by atoms with van der Waals surface area (Å²) in [6.45, 7) is 0. The number of nitrogens with two attached hydrogens (primary N) is 1. The molecule has 4 N–H and O–H groups in total. The summed E-state index contributed by atoms with van der Waals surface area (Å²) in [7, 11) is 0. The zero-order chi connectivity index (χ0) is 11.5. The number of anilines is 2. The van der Waals surface area contributed by atoms with Crippen molar-refractivity contribution < 1.29 is 4.79 Å². The van der Waals surface area contributed by atoms with Crippen LogP contribution in [0.1, 0.15) is 10.5 Å². The summed E-state index contributed by atoms with van der Waals surface area (Å²) in [5, 5.41) is 2.73. The first kappa shape index (κ1) is 10.4. The standard InChI is InChI=1S/C9H8ClN5O/c10-5-1-2-6(11)14-7(5)8(16)15-9-12-3-4-13-9/h1-4H,(H2,11,14)(H2,12,13,15,16). The average molecular weight is 238 g/mol. The number of aromatic amines is 1. The minimum absolute atomic E-state index is 0.0677. The lowest BCUT2D eigenvalue weighted by Crippen LogP contribution is -2.15. The smallest absolute Gasteiger partial charge is 0.278 e. The minimum Gasteiger partial charge on any atom is -0.384 e. The number of nitrogens with one attached hydrogen (secondary N) is 2. The first-order valence-corrected chi connectivity index (χ1v) is 4.77. The van der Waals surface area contributed by atoms with Crippen LogP contribution in [0.15, 0.2) is 24.5 Å². The van der Waals surface area contributed by atoms with Crippen LogP contribution in [0.4, 0.5) is 11.8 Å². The maximum Gasteiger partial charge on any atom is 0.278 e. The molecule has 2 rings (SSSR count). The maximum absolute atomic E-state index is 11.7. The highest BCUT2D eigenvalue weighted by Gasteiger charge is 2.13. The third kappa shape index (κ3) is 2.12. The Bertz CT molecular complexity index is 511. The molecule has 2 aromatic heterocycles. The van der Waals surface area contributed by atoms with Crippen molar-refractivity contribution in [2.45, 2.75) is 0 Å². The number of carbonyl (C=O) groups excluding carboxylic acids is 1. The Hall–Kier alpha value is -2.08. The number of hydrogen-bond donors (Lipinski definition) is 3. The Morgan fingerprint density at radius 3 is 3.00 bits per heavy atom. The molecule has 16 heavy (non-hydrogen) atoms. The predicted octanol–water partition coefficient (Wildman–Crippen LogP) is 1.29. The van der Waals surface area contributed by atoms with Crippen LogP contribution in [0.5, 0.6) is 0 Å². The first-order valence-electron chi connectivity index (χ1n) is 4.39. The van der Waals surface area contributed by atoms with E-state index >= 15 is 0 Å². The molecule has 1 amide bonds. The molecule has 2 heterocycles. The Kier molecular flexibility index (Phi) is 2.74. The molecular weight excluding hydrogens is 230 g/mol. The fourth-order valence-corrected chi connectivity index (χ4v) is 1.31. The van der Waals surface area contributed by atoms with Crippen LogP contribution in [-0.2, 0) is 0 Å². The SMILES string of the molecule is Nc1ccc(Cl)c(C(=O)Nc2ncc[nH]2)n1. The van der Waals surface area contributed by atoms with Crippen LogP contribution in [0.25, 0.3) is 0 Å². The molecule has 0 fully saturated rings. The van der Waals surface area contributed by atoms with Gasteiger partial charge in [0.2, 0.25) is 5.95 Å². The number of nitrogens with zero attached hydrogens (tertiary/aromatic N) is 2. The van der Waals surface area contributed by atoms with E-state index in [1.165, 1.54) is 18.3 Å². The van der Waals surface area contributed by atoms with E-state index < -0.39 is 5.91 Å². The molecule has 0 spiro atoms. The summed E-state index contributed by atoms with van der Waals surface area (Å²) in [6, 6.07) is 3.03. The molecule has 0 atom stereocenters. The van der Waals surface area contributed by atoms with Gasteiger partial charge in [-0.1, -0.05) is 11.6 Å². The summed E-state index contributed by atoms with van der Waals surface area (Å²) in [6.07, 6.45) is 3.11. The molecule has 0 bridgehead atoms. The lowest BCUT2D eigenvalue weighted by atomic mass is 10.3. The number of carbonyl (C=O) groups is 1. The Labute approximate surface area is 95.9 Å². The van der Waals surface area contributed by atoms with Crippen molar-refractivity contribution in [3.05, 3.63) is 35.2 Å². The fraction of sp³-hybridized carbons (Fsp3) is 0. The van der Waals surface area contributed by atoms with Crippen LogP contribution < -0.4 is 11.1 Å². The molecule has 0 radical (unpaired) electrons. The number of amides is 1. The van der Waals surface area contributed by atoms with E-state index in [2.05, 4.69) is 20.3 Å². The van der Waals surface area contributed by atoms with Gasteiger partial charge in [0.15, 0.2) is 0 Å². The van der Waals surface area contributed by atoms with Gasteiger partial charge in [-0.2, -0.15) is 0 Å². The Morgan fingerprint density at radius 1 is 1.50 bits per heavy atom. The van der Waals surface area contributed by atoms with E-state index in [9.17, 15) is 4.79 Å². The van der Waals surface area contributed by atoms with Crippen LogP contribution >= 0.6 is 11.6 Å². The van der Waals surface area contributed by atoms with Crippen molar-refractivity contribution in [3.63, 3.8) is 0 Å². The second kappa shape index (κ2) is 4.19. The molecule has 6 nitrogen and oxygen atoms in total. The monoisotopic (exact) mass is 237 g/mol. The maximum atomic E-state index is 11.7. The number of pyridine rings is 1. The van der Waals surface area contributed by atoms with Gasteiger partial charge in [-0.3, -0.25) is 10.1 Å². The zero-order valence-electron chi connectivity index (χ0n) is 8.07. The van der Waals surface area contributed by atoms with E-state index in [4.69, 9.17) is 17.3 Å². The largest absolute Gasteiger partial charge is 0.384 e. The number of H-pyrrole nitrogens is 1. The molecule has 2 aromatic rings. The number of rotatable bonds is 2. The summed E-state index contributed by atoms with van der Waals surface area (Å²) < 4.78 is 0. The number of nitrogen functional groups attached to an aromatic ring is 1. The van der Waals surface area contributed by atoms with Crippen molar-refractivity contribution in [1.82, 2.24) is 15.0 Å². The summed E-state index contributed by atoms with van der Waals surface area (Å²) >= 11 is 5.82. The van der Waals surface area contributed by atoms with E-state index in [0.717, 1.165) is 0 Å². The van der Waals surface area contributed by atoms with Crippen LogP contribution in [-0.4, -0.2) is 20.9 Å². The average Bonchev–Trinajstić information content (AvgIpc) is 2.74. The second-order valence-corrected chi connectivity index (χ2v) is 3.37. The van der Waals surface area contributed by atoms with Gasteiger partial charge in [0.25, 0.3) is 5.91 Å². The van der Waals surface area contributed by atoms with Gasteiger partial charge in [-0.05, 0) is 12.1 Å². The van der Waals surface area contributed by atoms with E-state index in [1.807, 2.05) is 0 Å². The molecule has 7 heteroatoms. The van der Waals surface area contributed by atoms with Gasteiger partial charge < -0.3 is 10.7 Å². The summed E-state index contributed by atoms with van der Waals surface area (Å²) in [5.41, 5.74) is 5.53. The molecule has 82 valence electrons. The van der Waals surface area contributed by atoms with Gasteiger partial charge >= 0.3 is 0 Å². The third-order valence-corrected chi connectivity index (χ3v) is 2.12. The minimum atomic E-state index is -0.466. The van der Waals surface area contributed by atoms with Crippen molar-refractivity contribution in [2.24, 2.45) is 0 Å². The highest BCUT2D eigenvalue weighted by atomic mass is 35.5. The van der Waals surface area contributed by atoms with Crippen molar-refractivity contribution in [2.75, 3.05) is 11.1 Å². The van der Waals surface area contributed by atoms with E-state index in [0.29, 0.717) is 5.95 Å². The topological polar surface area (TPSA) is 96.7 Å². The highest BCUT2D eigenvalue weighted by Crippen LogP contribution is 2.16. The van der Waals surface area contributed by atoms with E-state index in [1.54, 1.807) is 6.20 Å². The van der Waals surface area contributed by atoms with Crippen molar-refractivity contribution in [1.29, 1.82) is 0 Å². The molecular formula is C9H8ClN5O. The second-order valence-electron chi connectivity index (χ2n) is 2.96. The summed E-state index contributed by atoms with van der Waals surface area (Å²) in [5.74, 6) is 0.0894. The number of aromatic nitrogens is 3. The van der Waals surface area contributed by atoms with Gasteiger partial charge in [-0.15, -0.1) is 0 Å². The van der Waals surface area contributed by atoms with Gasteiger partial charge in [0.1, 0.15) is 11.5 Å². The zero-order valence-corrected chi connectivity index (χ0v) is 8.82. The van der Waals surface area contributed by atoms with E-state index in [-0.39, 0.29) is 16.5 Å². The molecule has 0 aliphatic heterocycles. The highest BCUT2D eigenvalue weighted by molar-refractivity contribution is 6.34. The molecule has 0 aliphatic carbocycles. The number of halogens is 1. The van der Waals surface area contributed by atoms with Crippen LogP contribution in [0.3, 0.4) is 0 Å². The molecule has 0 saturated heterocycles. The first-order chi connectivity index (χ1) is 7.66. The van der Waals surface area contributed by atoms with Gasteiger partial charge in [0, 0.05) is 12.4 Å². The Balaban J connectivity index is 2.24. The normalized spacial score (nSPS) is 10.1. The lowest BCUT2D eigenvalue weighted by Gasteiger charge is -2.03. The van der Waals surface area contributed by atoms with Crippen molar-refractivity contribution in [3.8, 4) is 0 Å². The predicted molar refractivity (Wildman–Crippen MR) is 60.2 cm³/mol. The van der Waals surface area contributed by atoms with Gasteiger partial charge in [-0.25, -0.2) is 9.97 Å². The van der Waals surface area contributed by atoms with Crippen molar-refractivity contribution >= 4 is 29.3 Å². The quantitative estimate of drug-likeness (QED) is 0.733. The lowest BCUT2D eigenvalue weighted by molar-refractivity contribution is 0.102. The Morgan fingerprint density at radius 2 is 2.31 bits per heavy atom. The molecule has 0 saturated carbocycles. The van der Waals surface area contributed by atoms with Crippen LogP contribution in [0, 0.1) is 0 Å². The number of imidazole rings is 1. The fourth-order valence-electron chi connectivity index (χ4n) is 1.12. The molecule has 0 aliphatic rings. The molecule has 0 aromatic carbocycles. The third-order valence-electron chi connectivity index (χ3n) is 1.81.